The molecule has 0 saturated heterocycles. The Balaban J connectivity index is 2.42. The zero-order valence-corrected chi connectivity index (χ0v) is 13.0. The smallest absolute Gasteiger partial charge is 0.233 e. The normalized spacial score (nSPS) is 12.2. The third kappa shape index (κ3) is 5.66. The highest BCUT2D eigenvalue weighted by atomic mass is 32.2. The van der Waals surface area contributed by atoms with Crippen molar-refractivity contribution in [1.82, 2.24) is 5.32 Å². The summed E-state index contributed by atoms with van der Waals surface area (Å²) < 4.78 is 4.95. The minimum absolute atomic E-state index is 0.0790. The quantitative estimate of drug-likeness (QED) is 0.617. The summed E-state index contributed by atoms with van der Waals surface area (Å²) in [6.45, 7) is 7.47. The number of carbonyl (C=O) groups excluding carboxylic acids is 1. The van der Waals surface area contributed by atoms with Gasteiger partial charge in [-0.15, -0.1) is 11.8 Å². The van der Waals surface area contributed by atoms with E-state index in [0.29, 0.717) is 13.2 Å². The van der Waals surface area contributed by atoms with Crippen molar-refractivity contribution in [2.45, 2.75) is 37.3 Å². The second kappa shape index (κ2) is 8.23. The van der Waals surface area contributed by atoms with Crippen molar-refractivity contribution in [3.63, 3.8) is 0 Å². The van der Waals surface area contributed by atoms with E-state index in [2.05, 4.69) is 37.4 Å². The third-order valence-electron chi connectivity index (χ3n) is 2.98. The predicted octanol–water partition coefficient (Wildman–Crippen LogP) is 2.94. The Bertz CT molecular complexity index is 421. The van der Waals surface area contributed by atoms with Gasteiger partial charge in [0.25, 0.3) is 0 Å². The molecule has 0 bridgehead atoms. The number of thioether (sulfide) groups is 1. The molecule has 1 aromatic carbocycles. The van der Waals surface area contributed by atoms with Crippen molar-refractivity contribution in [2.24, 2.45) is 0 Å². The summed E-state index contributed by atoms with van der Waals surface area (Å²) in [7, 11) is 1.67. The molecule has 1 rings (SSSR count). The first-order valence-electron chi connectivity index (χ1n) is 6.55. The van der Waals surface area contributed by atoms with Gasteiger partial charge in [-0.05, 0) is 50.5 Å². The highest BCUT2D eigenvalue weighted by molar-refractivity contribution is 8.00. The molecule has 0 aliphatic rings. The largest absolute Gasteiger partial charge is 0.385 e. The number of hydrogen-bond donors (Lipinski definition) is 1. The molecule has 106 valence electrons. The summed E-state index contributed by atoms with van der Waals surface area (Å²) in [6, 6.07) is 6.30. The van der Waals surface area contributed by atoms with Crippen LogP contribution in [0.4, 0.5) is 0 Å². The Morgan fingerprint density at radius 3 is 2.74 bits per heavy atom. The van der Waals surface area contributed by atoms with Crippen LogP contribution in [0.15, 0.2) is 23.1 Å². The molecule has 0 heterocycles. The fraction of sp³-hybridized carbons (Fsp3) is 0.533. The minimum atomic E-state index is -0.0790. The average Bonchev–Trinajstić information content (AvgIpc) is 2.38. The highest BCUT2D eigenvalue weighted by Crippen LogP contribution is 2.25. The van der Waals surface area contributed by atoms with E-state index in [1.807, 2.05) is 6.92 Å². The van der Waals surface area contributed by atoms with Crippen molar-refractivity contribution >= 4 is 17.7 Å². The number of ether oxygens (including phenoxy) is 1. The first-order valence-corrected chi connectivity index (χ1v) is 7.43. The number of nitrogens with one attached hydrogen (secondary N) is 1. The number of amides is 1. The van der Waals surface area contributed by atoms with Crippen LogP contribution in [0, 0.1) is 13.8 Å². The fourth-order valence-electron chi connectivity index (χ4n) is 1.62. The van der Waals surface area contributed by atoms with Gasteiger partial charge in [0.2, 0.25) is 5.91 Å². The molecular formula is C15H23NO2S. The molecule has 1 unspecified atom stereocenters. The van der Waals surface area contributed by atoms with E-state index in [9.17, 15) is 4.79 Å². The summed E-state index contributed by atoms with van der Waals surface area (Å²) in [4.78, 5) is 13.0. The average molecular weight is 281 g/mol. The maximum absolute atomic E-state index is 11.9. The Hall–Kier alpha value is -1.00. The van der Waals surface area contributed by atoms with Crippen LogP contribution in [0.25, 0.3) is 0 Å². The first kappa shape index (κ1) is 16.1. The van der Waals surface area contributed by atoms with Gasteiger partial charge in [0.15, 0.2) is 0 Å². The van der Waals surface area contributed by atoms with Gasteiger partial charge in [-0.25, -0.2) is 0 Å². The molecule has 1 N–H and O–H groups in total. The van der Waals surface area contributed by atoms with Crippen LogP contribution >= 0.6 is 11.8 Å². The molecule has 3 nitrogen and oxygen atoms in total. The van der Waals surface area contributed by atoms with Crippen molar-refractivity contribution in [1.29, 1.82) is 0 Å². The SMILES string of the molecule is COCCCNC(=O)C(C)Sc1ccc(C)c(C)c1. The molecule has 19 heavy (non-hydrogen) atoms. The van der Waals surface area contributed by atoms with Crippen molar-refractivity contribution in [3.05, 3.63) is 29.3 Å². The topological polar surface area (TPSA) is 38.3 Å². The van der Waals surface area contributed by atoms with Crippen molar-refractivity contribution in [3.8, 4) is 0 Å². The summed E-state index contributed by atoms with van der Waals surface area (Å²) >= 11 is 1.60. The lowest BCUT2D eigenvalue weighted by Gasteiger charge is -2.12. The Morgan fingerprint density at radius 1 is 1.37 bits per heavy atom. The van der Waals surface area contributed by atoms with Gasteiger partial charge >= 0.3 is 0 Å². The second-order valence-electron chi connectivity index (χ2n) is 4.64. The number of rotatable bonds is 7. The zero-order chi connectivity index (χ0) is 14.3. The third-order valence-corrected chi connectivity index (χ3v) is 4.08. The fourth-order valence-corrected chi connectivity index (χ4v) is 2.61. The molecule has 0 spiro atoms. The van der Waals surface area contributed by atoms with E-state index in [1.54, 1.807) is 18.9 Å². The van der Waals surface area contributed by atoms with Crippen LogP contribution in [0.2, 0.25) is 0 Å². The molecule has 0 fully saturated rings. The van der Waals surface area contributed by atoms with Crippen LogP contribution in [0.3, 0.4) is 0 Å². The van der Waals surface area contributed by atoms with Crippen molar-refractivity contribution in [2.75, 3.05) is 20.3 Å². The zero-order valence-electron chi connectivity index (χ0n) is 12.2. The van der Waals surface area contributed by atoms with Gasteiger partial charge in [-0.1, -0.05) is 6.07 Å². The Morgan fingerprint density at radius 2 is 2.11 bits per heavy atom. The van der Waals surface area contributed by atoms with Crippen LogP contribution < -0.4 is 5.32 Å². The standard InChI is InChI=1S/C15H23NO2S/c1-11-6-7-14(10-12(11)2)19-13(3)15(17)16-8-5-9-18-4/h6-7,10,13H,5,8-9H2,1-4H3,(H,16,17). The van der Waals surface area contributed by atoms with E-state index in [-0.39, 0.29) is 11.2 Å². The van der Waals surface area contributed by atoms with Crippen LogP contribution in [0.1, 0.15) is 24.5 Å². The lowest BCUT2D eigenvalue weighted by Crippen LogP contribution is -2.32. The van der Waals surface area contributed by atoms with Gasteiger partial charge in [0, 0.05) is 25.2 Å². The van der Waals surface area contributed by atoms with Crippen LogP contribution in [0.5, 0.6) is 0 Å². The van der Waals surface area contributed by atoms with Gasteiger partial charge in [-0.2, -0.15) is 0 Å². The van der Waals surface area contributed by atoms with Gasteiger partial charge in [-0.3, -0.25) is 4.79 Å². The van der Waals surface area contributed by atoms with E-state index in [1.165, 1.54) is 11.1 Å². The monoisotopic (exact) mass is 281 g/mol. The number of methoxy groups -OCH3 is 1. The van der Waals surface area contributed by atoms with Crippen LogP contribution in [-0.2, 0) is 9.53 Å². The number of aryl methyl sites for hydroxylation is 2. The highest BCUT2D eigenvalue weighted by Gasteiger charge is 2.13. The number of benzene rings is 1. The summed E-state index contributed by atoms with van der Waals surface area (Å²) in [5, 5.41) is 2.84. The molecule has 1 aromatic rings. The summed E-state index contributed by atoms with van der Waals surface area (Å²) in [6.07, 6.45) is 0.850. The molecule has 1 amide bonds. The van der Waals surface area contributed by atoms with E-state index in [0.717, 1.165) is 11.3 Å². The molecule has 4 heteroatoms. The lowest BCUT2D eigenvalue weighted by molar-refractivity contribution is -0.120. The molecule has 1 atom stereocenters. The van der Waals surface area contributed by atoms with Crippen LogP contribution in [-0.4, -0.2) is 31.4 Å². The van der Waals surface area contributed by atoms with E-state index in [4.69, 9.17) is 4.74 Å². The van der Waals surface area contributed by atoms with Crippen molar-refractivity contribution < 1.29 is 9.53 Å². The van der Waals surface area contributed by atoms with Gasteiger partial charge in [0.05, 0.1) is 5.25 Å². The Kier molecular flexibility index (Phi) is 6.95. The minimum Gasteiger partial charge on any atom is -0.385 e. The molecule has 0 aliphatic heterocycles. The number of hydrogen-bond acceptors (Lipinski definition) is 3. The maximum atomic E-state index is 11.9. The molecule has 0 aliphatic carbocycles. The summed E-state index contributed by atoms with van der Waals surface area (Å²) in [5.41, 5.74) is 2.54. The molecular weight excluding hydrogens is 258 g/mol. The van der Waals surface area contributed by atoms with E-state index >= 15 is 0 Å². The first-order chi connectivity index (χ1) is 9.04. The molecule has 0 radical (unpaired) electrons. The molecule has 0 saturated carbocycles. The van der Waals surface area contributed by atoms with Gasteiger partial charge in [0.1, 0.15) is 0 Å². The predicted molar refractivity (Wildman–Crippen MR) is 80.7 cm³/mol. The maximum Gasteiger partial charge on any atom is 0.233 e. The summed E-state index contributed by atoms with van der Waals surface area (Å²) in [5.74, 6) is 0.0827. The number of carbonyl (C=O) groups is 1. The lowest BCUT2D eigenvalue weighted by atomic mass is 10.1. The Labute approximate surface area is 120 Å². The second-order valence-corrected chi connectivity index (χ2v) is 6.06. The van der Waals surface area contributed by atoms with Gasteiger partial charge < -0.3 is 10.1 Å². The molecule has 0 aromatic heterocycles. The van der Waals surface area contributed by atoms with E-state index < -0.39 is 0 Å².